The molecule has 0 amide bonds. The first kappa shape index (κ1) is 13.3. The van der Waals surface area contributed by atoms with Crippen molar-refractivity contribution in [3.8, 4) is 0 Å². The number of hydrogen-bond donors (Lipinski definition) is 1. The standard InChI is InChI=1S/C10H13F3N4/c1-7(17(2)5-10(11,12)13)9(14)8-3-15-6-16-4-8/h3-4,6H,5,14H2,1-2H3/b9-7-. The smallest absolute Gasteiger partial charge is 0.397 e. The van der Waals surface area contributed by atoms with Crippen molar-refractivity contribution in [2.45, 2.75) is 13.1 Å². The van der Waals surface area contributed by atoms with E-state index in [2.05, 4.69) is 9.97 Å². The third-order valence-corrected chi connectivity index (χ3v) is 2.25. The molecule has 0 spiro atoms. The van der Waals surface area contributed by atoms with Crippen molar-refractivity contribution in [2.75, 3.05) is 13.6 Å². The second-order valence-corrected chi connectivity index (χ2v) is 3.60. The highest BCUT2D eigenvalue weighted by Crippen LogP contribution is 2.20. The van der Waals surface area contributed by atoms with Gasteiger partial charge in [-0.2, -0.15) is 13.2 Å². The quantitative estimate of drug-likeness (QED) is 0.880. The van der Waals surface area contributed by atoms with E-state index in [0.717, 1.165) is 4.90 Å². The van der Waals surface area contributed by atoms with Crippen LogP contribution in [-0.2, 0) is 0 Å². The lowest BCUT2D eigenvalue weighted by Crippen LogP contribution is -2.31. The lowest BCUT2D eigenvalue weighted by Gasteiger charge is -2.23. The summed E-state index contributed by atoms with van der Waals surface area (Å²) in [5, 5.41) is 0. The summed E-state index contributed by atoms with van der Waals surface area (Å²) >= 11 is 0. The Balaban J connectivity index is 2.90. The van der Waals surface area contributed by atoms with Crippen molar-refractivity contribution in [2.24, 2.45) is 5.73 Å². The molecule has 7 heteroatoms. The molecule has 0 aromatic carbocycles. The number of allylic oxidation sites excluding steroid dienone is 1. The molecule has 1 aromatic rings. The number of alkyl halides is 3. The molecule has 0 aliphatic rings. The highest BCUT2D eigenvalue weighted by Gasteiger charge is 2.29. The van der Waals surface area contributed by atoms with E-state index in [1.807, 2.05) is 0 Å². The van der Waals surface area contributed by atoms with Gasteiger partial charge in [-0.25, -0.2) is 9.97 Å². The first-order valence-electron chi connectivity index (χ1n) is 4.81. The molecule has 1 heterocycles. The molecule has 0 radical (unpaired) electrons. The second-order valence-electron chi connectivity index (χ2n) is 3.60. The molecular formula is C10H13F3N4. The van der Waals surface area contributed by atoms with Gasteiger partial charge in [0.05, 0.1) is 5.70 Å². The predicted octanol–water partition coefficient (Wildman–Crippen LogP) is 1.62. The number of aromatic nitrogens is 2. The van der Waals surface area contributed by atoms with E-state index >= 15 is 0 Å². The maximum absolute atomic E-state index is 12.2. The first-order valence-corrected chi connectivity index (χ1v) is 4.81. The van der Waals surface area contributed by atoms with Crippen LogP contribution in [0.5, 0.6) is 0 Å². The first-order chi connectivity index (χ1) is 7.81. The number of rotatable bonds is 3. The number of hydrogen-bond acceptors (Lipinski definition) is 4. The largest absolute Gasteiger partial charge is 0.405 e. The third-order valence-electron chi connectivity index (χ3n) is 2.25. The Kier molecular flexibility index (Phi) is 3.93. The van der Waals surface area contributed by atoms with Crippen LogP contribution in [0.15, 0.2) is 24.4 Å². The highest BCUT2D eigenvalue weighted by atomic mass is 19.4. The zero-order chi connectivity index (χ0) is 13.1. The van der Waals surface area contributed by atoms with Crippen molar-refractivity contribution >= 4 is 5.70 Å². The number of halogens is 3. The Morgan fingerprint density at radius 3 is 2.35 bits per heavy atom. The normalized spacial score (nSPS) is 13.2. The van der Waals surface area contributed by atoms with Crippen molar-refractivity contribution in [3.05, 3.63) is 30.0 Å². The van der Waals surface area contributed by atoms with Gasteiger partial charge in [0.25, 0.3) is 0 Å². The molecule has 17 heavy (non-hydrogen) atoms. The average Bonchev–Trinajstić information content (AvgIpc) is 2.26. The SMILES string of the molecule is C/C(=C(/N)c1cncnc1)N(C)CC(F)(F)F. The Labute approximate surface area is 97.0 Å². The second kappa shape index (κ2) is 5.03. The zero-order valence-corrected chi connectivity index (χ0v) is 9.49. The Morgan fingerprint density at radius 2 is 1.88 bits per heavy atom. The Hall–Kier alpha value is -1.79. The fourth-order valence-corrected chi connectivity index (χ4v) is 1.24. The molecule has 0 bridgehead atoms. The van der Waals surface area contributed by atoms with E-state index in [0.29, 0.717) is 11.3 Å². The molecule has 0 aliphatic carbocycles. The van der Waals surface area contributed by atoms with Crippen LogP contribution < -0.4 is 5.73 Å². The van der Waals surface area contributed by atoms with Crippen LogP contribution in [0.1, 0.15) is 12.5 Å². The summed E-state index contributed by atoms with van der Waals surface area (Å²) in [6, 6.07) is 0. The molecule has 1 aromatic heterocycles. The molecule has 4 nitrogen and oxygen atoms in total. The zero-order valence-electron chi connectivity index (χ0n) is 9.49. The average molecular weight is 246 g/mol. The van der Waals surface area contributed by atoms with Crippen LogP contribution in [0.4, 0.5) is 13.2 Å². The van der Waals surface area contributed by atoms with Gasteiger partial charge in [-0.1, -0.05) is 0 Å². The van der Waals surface area contributed by atoms with Gasteiger partial charge in [0.15, 0.2) is 0 Å². The van der Waals surface area contributed by atoms with Crippen LogP contribution in [0.2, 0.25) is 0 Å². The molecule has 0 saturated carbocycles. The lowest BCUT2D eigenvalue weighted by atomic mass is 10.2. The summed E-state index contributed by atoms with van der Waals surface area (Å²) in [7, 11) is 1.33. The maximum atomic E-state index is 12.2. The molecule has 2 N–H and O–H groups in total. The molecule has 0 saturated heterocycles. The van der Waals surface area contributed by atoms with Gasteiger partial charge in [0.1, 0.15) is 12.9 Å². The summed E-state index contributed by atoms with van der Waals surface area (Å²) in [6.07, 6.45) is -0.0322. The van der Waals surface area contributed by atoms with Crippen LogP contribution in [0.3, 0.4) is 0 Å². The summed E-state index contributed by atoms with van der Waals surface area (Å²) in [5.74, 6) is 0. The molecule has 0 atom stereocenters. The van der Waals surface area contributed by atoms with Gasteiger partial charge in [-0.05, 0) is 6.92 Å². The fourth-order valence-electron chi connectivity index (χ4n) is 1.24. The van der Waals surface area contributed by atoms with E-state index in [9.17, 15) is 13.2 Å². The summed E-state index contributed by atoms with van der Waals surface area (Å²) < 4.78 is 36.6. The number of nitrogens with two attached hydrogens (primary N) is 1. The molecular weight excluding hydrogens is 233 g/mol. The van der Waals surface area contributed by atoms with E-state index in [1.165, 1.54) is 32.7 Å². The fraction of sp³-hybridized carbons (Fsp3) is 0.400. The molecule has 0 aliphatic heterocycles. The molecule has 0 unspecified atom stereocenters. The Morgan fingerprint density at radius 1 is 1.35 bits per heavy atom. The van der Waals surface area contributed by atoms with Crippen molar-refractivity contribution in [3.63, 3.8) is 0 Å². The van der Waals surface area contributed by atoms with Gasteiger partial charge in [0.2, 0.25) is 0 Å². The molecule has 0 fully saturated rings. The van der Waals surface area contributed by atoms with Crippen LogP contribution >= 0.6 is 0 Å². The minimum atomic E-state index is -4.26. The van der Waals surface area contributed by atoms with Crippen LogP contribution in [-0.4, -0.2) is 34.6 Å². The summed E-state index contributed by atoms with van der Waals surface area (Å²) in [5.41, 5.74) is 6.81. The minimum Gasteiger partial charge on any atom is -0.397 e. The van der Waals surface area contributed by atoms with Gasteiger partial charge < -0.3 is 10.6 Å². The monoisotopic (exact) mass is 246 g/mol. The predicted molar refractivity (Wildman–Crippen MR) is 57.5 cm³/mol. The van der Waals surface area contributed by atoms with Gasteiger partial charge in [-0.15, -0.1) is 0 Å². The molecule has 1 rings (SSSR count). The van der Waals surface area contributed by atoms with Crippen molar-refractivity contribution < 1.29 is 13.2 Å². The van der Waals surface area contributed by atoms with Crippen molar-refractivity contribution in [1.29, 1.82) is 0 Å². The summed E-state index contributed by atoms with van der Waals surface area (Å²) in [4.78, 5) is 8.56. The summed E-state index contributed by atoms with van der Waals surface area (Å²) in [6.45, 7) is 0.474. The minimum absolute atomic E-state index is 0.234. The van der Waals surface area contributed by atoms with E-state index < -0.39 is 12.7 Å². The van der Waals surface area contributed by atoms with Crippen LogP contribution in [0, 0.1) is 0 Å². The highest BCUT2D eigenvalue weighted by molar-refractivity contribution is 5.63. The third kappa shape index (κ3) is 3.93. The number of nitrogens with zero attached hydrogens (tertiary/aromatic N) is 3. The van der Waals surface area contributed by atoms with E-state index in [1.54, 1.807) is 0 Å². The lowest BCUT2D eigenvalue weighted by molar-refractivity contribution is -0.139. The maximum Gasteiger partial charge on any atom is 0.405 e. The van der Waals surface area contributed by atoms with Gasteiger partial charge >= 0.3 is 6.18 Å². The Bertz CT molecular complexity index is 400. The van der Waals surface area contributed by atoms with Gasteiger partial charge in [0, 0.05) is 30.7 Å². The molecule has 94 valence electrons. The van der Waals surface area contributed by atoms with Crippen LogP contribution in [0.25, 0.3) is 5.70 Å². The van der Waals surface area contributed by atoms with Crippen molar-refractivity contribution in [1.82, 2.24) is 14.9 Å². The van der Waals surface area contributed by atoms with E-state index in [4.69, 9.17) is 5.73 Å². The topological polar surface area (TPSA) is 55.0 Å². The van der Waals surface area contributed by atoms with E-state index in [-0.39, 0.29) is 5.70 Å². The van der Waals surface area contributed by atoms with Gasteiger partial charge in [-0.3, -0.25) is 0 Å².